The average molecular weight is 314 g/mol. The molecule has 0 aliphatic heterocycles. The largest absolute Gasteiger partial charge is 0.506 e. The lowest BCUT2D eigenvalue weighted by atomic mass is 10.1. The number of benzene rings is 1. The Morgan fingerprint density at radius 2 is 1.92 bits per heavy atom. The smallest absolute Gasteiger partial charge is 0.154 e. The first-order valence-corrected chi connectivity index (χ1v) is 4.71. The Balaban J connectivity index is 3.93. The number of carbonyl (C=O) groups excluding carboxylic acids is 1. The minimum atomic E-state index is -2.74. The van der Waals surface area contributed by atoms with Crippen molar-refractivity contribution < 1.29 is 18.1 Å². The zero-order chi connectivity index (χ0) is 15.2. The molecule has 1 aromatic rings. The van der Waals surface area contributed by atoms with Crippen LogP contribution in [0.1, 0.15) is 29.7 Å². The molecule has 1 aromatic carbocycles. The molecule has 0 fully saturated rings. The van der Waals surface area contributed by atoms with Gasteiger partial charge in [0.15, 0.2) is 6.29 Å². The third-order valence-corrected chi connectivity index (χ3v) is 3.07. The molecule has 13 heavy (non-hydrogen) atoms. The lowest BCUT2D eigenvalue weighted by molar-refractivity contribution is 0.112. The van der Waals surface area contributed by atoms with Gasteiger partial charge >= 0.3 is 0 Å². The number of aldehydes is 1. The zero-order valence-corrected chi connectivity index (χ0v) is 9.36. The van der Waals surface area contributed by atoms with Crippen LogP contribution in [0.15, 0.2) is 8.95 Å². The van der Waals surface area contributed by atoms with Gasteiger partial charge in [-0.05, 0) is 40.8 Å². The van der Waals surface area contributed by atoms with Gasteiger partial charge in [-0.25, -0.2) is 0 Å². The minimum absolute atomic E-state index is 0.176. The summed E-state index contributed by atoms with van der Waals surface area (Å²) in [6, 6.07) is 0. The van der Waals surface area contributed by atoms with E-state index in [1.54, 1.807) is 0 Å². The molecule has 0 spiro atoms. The summed E-state index contributed by atoms with van der Waals surface area (Å²) < 4.78 is 43.7. The molecular formula is C9H8Br2O2. The van der Waals surface area contributed by atoms with Crippen molar-refractivity contribution in [2.24, 2.45) is 0 Å². The Morgan fingerprint density at radius 3 is 2.38 bits per heavy atom. The second-order valence-corrected chi connectivity index (χ2v) is 3.84. The molecule has 0 bridgehead atoms. The molecule has 1 rings (SSSR count). The van der Waals surface area contributed by atoms with Gasteiger partial charge in [-0.1, -0.05) is 15.9 Å². The van der Waals surface area contributed by atoms with Crippen LogP contribution in [-0.4, -0.2) is 11.4 Å². The number of hydrogen-bond acceptors (Lipinski definition) is 2. The second kappa shape index (κ2) is 3.80. The van der Waals surface area contributed by atoms with E-state index in [-0.39, 0.29) is 20.8 Å². The summed E-state index contributed by atoms with van der Waals surface area (Å²) in [5, 5.41) is 9.81. The lowest BCUT2D eigenvalue weighted by Gasteiger charge is -2.10. The van der Waals surface area contributed by atoms with Gasteiger partial charge in [-0.15, -0.1) is 0 Å². The average Bonchev–Trinajstić information content (AvgIpc) is 2.19. The van der Waals surface area contributed by atoms with E-state index < -0.39 is 30.6 Å². The number of carbonyl (C=O) groups is 1. The molecule has 4 heteroatoms. The standard InChI is InChI=1S/C9H8Br2O2/c1-4-6(3-12)9(13)8(11)5(2)7(4)10/h3,13H,1-2H3/i1D3,2D3. The predicted octanol–water partition coefficient (Wildman–Crippen LogP) is 3.35. The molecule has 0 heterocycles. The molecule has 0 aromatic heterocycles. The number of phenols is 1. The summed E-state index contributed by atoms with van der Waals surface area (Å²) in [5.41, 5.74) is -1.37. The summed E-state index contributed by atoms with van der Waals surface area (Å²) in [6.45, 7) is -5.40. The van der Waals surface area contributed by atoms with Crippen LogP contribution in [0, 0.1) is 13.7 Å². The van der Waals surface area contributed by atoms with Crippen molar-refractivity contribution in [2.75, 3.05) is 0 Å². The first-order valence-electron chi connectivity index (χ1n) is 6.13. The van der Waals surface area contributed by atoms with E-state index in [9.17, 15) is 9.90 Å². The lowest BCUT2D eigenvalue weighted by Crippen LogP contribution is -1.93. The molecular weight excluding hydrogens is 300 g/mol. The molecule has 70 valence electrons. The van der Waals surface area contributed by atoms with E-state index in [1.807, 2.05) is 0 Å². The highest BCUT2D eigenvalue weighted by atomic mass is 79.9. The summed E-state index contributed by atoms with van der Waals surface area (Å²) in [4.78, 5) is 11.0. The maximum atomic E-state index is 11.0. The van der Waals surface area contributed by atoms with Crippen molar-refractivity contribution in [3.63, 3.8) is 0 Å². The van der Waals surface area contributed by atoms with Crippen LogP contribution in [0.5, 0.6) is 5.75 Å². The number of hydrogen-bond donors (Lipinski definition) is 1. The Hall–Kier alpha value is -0.350. The highest BCUT2D eigenvalue weighted by Crippen LogP contribution is 2.38. The summed E-state index contributed by atoms with van der Waals surface area (Å²) >= 11 is 5.79. The molecule has 2 nitrogen and oxygen atoms in total. The maximum absolute atomic E-state index is 11.0. The Bertz CT molecular complexity index is 535. The molecule has 0 amide bonds. The fourth-order valence-electron chi connectivity index (χ4n) is 0.809. The van der Waals surface area contributed by atoms with Gasteiger partial charge < -0.3 is 5.11 Å². The monoisotopic (exact) mass is 312 g/mol. The Labute approximate surface area is 102 Å². The van der Waals surface area contributed by atoms with Crippen LogP contribution in [0.4, 0.5) is 0 Å². The van der Waals surface area contributed by atoms with Crippen LogP contribution >= 0.6 is 31.9 Å². The van der Waals surface area contributed by atoms with Crippen molar-refractivity contribution in [1.29, 1.82) is 0 Å². The topological polar surface area (TPSA) is 37.3 Å². The van der Waals surface area contributed by atoms with Crippen LogP contribution in [0.3, 0.4) is 0 Å². The van der Waals surface area contributed by atoms with E-state index in [0.717, 1.165) is 0 Å². The predicted molar refractivity (Wildman–Crippen MR) is 58.4 cm³/mol. The zero-order valence-electron chi connectivity index (χ0n) is 12.2. The van der Waals surface area contributed by atoms with Crippen molar-refractivity contribution in [1.82, 2.24) is 0 Å². The Kier molecular flexibility index (Phi) is 1.44. The van der Waals surface area contributed by atoms with Gasteiger partial charge in [-0.2, -0.15) is 0 Å². The molecule has 0 atom stereocenters. The molecule has 0 saturated heterocycles. The fourth-order valence-corrected chi connectivity index (χ4v) is 1.90. The van der Waals surface area contributed by atoms with E-state index in [4.69, 9.17) is 8.22 Å². The van der Waals surface area contributed by atoms with Crippen molar-refractivity contribution in [3.8, 4) is 5.75 Å². The fraction of sp³-hybridized carbons (Fsp3) is 0.222. The molecule has 0 aliphatic carbocycles. The summed E-state index contributed by atoms with van der Waals surface area (Å²) in [5.74, 6) is -0.699. The normalized spacial score (nSPS) is 18.9. The third-order valence-electron chi connectivity index (χ3n) is 1.51. The van der Waals surface area contributed by atoms with Gasteiger partial charge in [0.05, 0.1) is 10.0 Å². The molecule has 0 radical (unpaired) electrons. The van der Waals surface area contributed by atoms with Crippen LogP contribution in [0.2, 0.25) is 0 Å². The second-order valence-electron chi connectivity index (χ2n) is 2.26. The van der Waals surface area contributed by atoms with Crippen LogP contribution in [-0.2, 0) is 0 Å². The highest BCUT2D eigenvalue weighted by Gasteiger charge is 2.15. The van der Waals surface area contributed by atoms with Crippen molar-refractivity contribution in [3.05, 3.63) is 25.6 Å². The van der Waals surface area contributed by atoms with Crippen LogP contribution in [0.25, 0.3) is 0 Å². The maximum Gasteiger partial charge on any atom is 0.154 e. The molecule has 0 aliphatic rings. The SMILES string of the molecule is [2H]C([2H])([2H])c1c(Br)c(O)c(C=O)c(C([2H])([2H])[2H])c1Br. The first kappa shape index (κ1) is 4.94. The van der Waals surface area contributed by atoms with Gasteiger partial charge in [0.2, 0.25) is 0 Å². The molecule has 1 N–H and O–H groups in total. The van der Waals surface area contributed by atoms with E-state index in [2.05, 4.69) is 31.9 Å². The molecule has 0 unspecified atom stereocenters. The van der Waals surface area contributed by atoms with Gasteiger partial charge in [0, 0.05) is 12.7 Å². The first-order chi connectivity index (χ1) is 8.42. The third kappa shape index (κ3) is 1.65. The number of rotatable bonds is 1. The summed E-state index contributed by atoms with van der Waals surface area (Å²) in [7, 11) is 0. The minimum Gasteiger partial charge on any atom is -0.506 e. The number of aromatic hydroxyl groups is 1. The van der Waals surface area contributed by atoms with E-state index >= 15 is 0 Å². The summed E-state index contributed by atoms with van der Waals surface area (Å²) in [6.07, 6.45) is 0.176. The number of phenolic OH excluding ortho intramolecular Hbond substituents is 1. The van der Waals surface area contributed by atoms with E-state index in [0.29, 0.717) is 0 Å². The highest BCUT2D eigenvalue weighted by molar-refractivity contribution is 9.11. The molecule has 0 saturated carbocycles. The van der Waals surface area contributed by atoms with Crippen LogP contribution < -0.4 is 0 Å². The van der Waals surface area contributed by atoms with E-state index in [1.165, 1.54) is 0 Å². The number of halogens is 2. The van der Waals surface area contributed by atoms with Gasteiger partial charge in [0.1, 0.15) is 5.75 Å². The van der Waals surface area contributed by atoms with Crippen molar-refractivity contribution >= 4 is 38.1 Å². The Morgan fingerprint density at radius 1 is 1.31 bits per heavy atom. The quantitative estimate of drug-likeness (QED) is 0.807. The van der Waals surface area contributed by atoms with Gasteiger partial charge in [0.25, 0.3) is 0 Å². The van der Waals surface area contributed by atoms with Gasteiger partial charge in [-0.3, -0.25) is 4.79 Å². The van der Waals surface area contributed by atoms with Crippen molar-refractivity contribution in [2.45, 2.75) is 13.7 Å².